The van der Waals surface area contributed by atoms with Gasteiger partial charge in [-0.25, -0.2) is 0 Å². The Morgan fingerprint density at radius 1 is 1.18 bits per heavy atom. The maximum atomic E-state index is 5.55. The van der Waals surface area contributed by atoms with Crippen LogP contribution in [-0.2, 0) is 0 Å². The van der Waals surface area contributed by atoms with Crippen LogP contribution < -0.4 is 0 Å². The summed E-state index contributed by atoms with van der Waals surface area (Å²) >= 11 is 5.55. The SMILES string of the molecule is CC(C)C=CCCCCCCl. The molecule has 0 unspecified atom stereocenters. The molecule has 0 fully saturated rings. The Labute approximate surface area is 75.6 Å². The van der Waals surface area contributed by atoms with Crippen molar-refractivity contribution in [2.24, 2.45) is 5.92 Å². The third kappa shape index (κ3) is 10.0. The number of halogens is 1. The molecule has 0 N–H and O–H groups in total. The van der Waals surface area contributed by atoms with Crippen molar-refractivity contribution < 1.29 is 0 Å². The molecular weight excluding hydrogens is 156 g/mol. The fourth-order valence-electron chi connectivity index (χ4n) is 0.902. The van der Waals surface area contributed by atoms with Gasteiger partial charge in [0.1, 0.15) is 0 Å². The summed E-state index contributed by atoms with van der Waals surface area (Å²) in [7, 11) is 0. The molecule has 0 nitrogen and oxygen atoms in total. The van der Waals surface area contributed by atoms with Crippen molar-refractivity contribution in [1.29, 1.82) is 0 Å². The standard InChI is InChI=1S/C10H19Cl/c1-10(2)8-6-4-3-5-7-9-11/h6,8,10H,3-5,7,9H2,1-2H3. The molecule has 0 saturated heterocycles. The zero-order valence-electron chi connectivity index (χ0n) is 7.65. The van der Waals surface area contributed by atoms with E-state index in [1.165, 1.54) is 19.3 Å². The van der Waals surface area contributed by atoms with E-state index in [1.807, 2.05) is 0 Å². The Morgan fingerprint density at radius 2 is 1.91 bits per heavy atom. The smallest absolute Gasteiger partial charge is 0.0223 e. The van der Waals surface area contributed by atoms with Crippen molar-refractivity contribution in [1.82, 2.24) is 0 Å². The van der Waals surface area contributed by atoms with Gasteiger partial charge < -0.3 is 0 Å². The highest BCUT2D eigenvalue weighted by Gasteiger charge is 1.86. The lowest BCUT2D eigenvalue weighted by atomic mass is 10.1. The molecule has 0 aliphatic heterocycles. The minimum absolute atomic E-state index is 0.697. The predicted molar refractivity (Wildman–Crippen MR) is 53.2 cm³/mol. The first-order valence-corrected chi connectivity index (χ1v) is 5.03. The molecule has 1 heteroatoms. The molecule has 11 heavy (non-hydrogen) atoms. The van der Waals surface area contributed by atoms with E-state index in [2.05, 4.69) is 26.0 Å². The van der Waals surface area contributed by atoms with Gasteiger partial charge in [0.15, 0.2) is 0 Å². The third-order valence-corrected chi connectivity index (χ3v) is 1.79. The highest BCUT2D eigenvalue weighted by atomic mass is 35.5. The van der Waals surface area contributed by atoms with Crippen LogP contribution in [0.5, 0.6) is 0 Å². The summed E-state index contributed by atoms with van der Waals surface area (Å²) in [5.74, 6) is 1.51. The number of allylic oxidation sites excluding steroid dienone is 2. The lowest BCUT2D eigenvalue weighted by molar-refractivity contribution is 0.726. The number of alkyl halides is 1. The molecule has 0 bridgehead atoms. The summed E-state index contributed by atoms with van der Waals surface area (Å²) in [6.45, 7) is 4.41. The van der Waals surface area contributed by atoms with Gasteiger partial charge in [0.05, 0.1) is 0 Å². The second-order valence-corrected chi connectivity index (χ2v) is 3.59. The second-order valence-electron chi connectivity index (χ2n) is 3.21. The molecule has 0 aliphatic carbocycles. The van der Waals surface area contributed by atoms with Gasteiger partial charge >= 0.3 is 0 Å². The van der Waals surface area contributed by atoms with Crippen molar-refractivity contribution in [3.05, 3.63) is 12.2 Å². The molecule has 0 heterocycles. The first-order chi connectivity index (χ1) is 5.27. The topological polar surface area (TPSA) is 0 Å². The molecule has 0 spiro atoms. The Hall–Kier alpha value is 0.0300. The van der Waals surface area contributed by atoms with Gasteiger partial charge in [-0.15, -0.1) is 11.6 Å². The van der Waals surface area contributed by atoms with Crippen LogP contribution >= 0.6 is 11.6 Å². The molecule has 0 rings (SSSR count). The van der Waals surface area contributed by atoms with E-state index in [4.69, 9.17) is 11.6 Å². The molecule has 0 atom stereocenters. The summed E-state index contributed by atoms with van der Waals surface area (Å²) in [5.41, 5.74) is 0. The normalized spacial score (nSPS) is 11.6. The van der Waals surface area contributed by atoms with E-state index in [9.17, 15) is 0 Å². The highest BCUT2D eigenvalue weighted by Crippen LogP contribution is 2.03. The fraction of sp³-hybridized carbons (Fsp3) is 0.800. The van der Waals surface area contributed by atoms with E-state index in [-0.39, 0.29) is 0 Å². The van der Waals surface area contributed by atoms with E-state index in [1.54, 1.807) is 0 Å². The summed E-state index contributed by atoms with van der Waals surface area (Å²) in [4.78, 5) is 0. The first-order valence-electron chi connectivity index (χ1n) is 4.50. The summed E-state index contributed by atoms with van der Waals surface area (Å²) in [6, 6.07) is 0. The lowest BCUT2D eigenvalue weighted by Gasteiger charge is -1.95. The van der Waals surface area contributed by atoms with Crippen LogP contribution in [0.4, 0.5) is 0 Å². The number of hydrogen-bond acceptors (Lipinski definition) is 0. The van der Waals surface area contributed by atoms with Crippen LogP contribution in [0.25, 0.3) is 0 Å². The molecule has 0 radical (unpaired) electrons. The number of hydrogen-bond donors (Lipinski definition) is 0. The summed E-state index contributed by atoms with van der Waals surface area (Å²) in [5, 5.41) is 0. The van der Waals surface area contributed by atoms with Crippen molar-refractivity contribution in [3.8, 4) is 0 Å². The van der Waals surface area contributed by atoms with Crippen molar-refractivity contribution in [2.45, 2.75) is 39.5 Å². The maximum absolute atomic E-state index is 5.55. The third-order valence-electron chi connectivity index (χ3n) is 1.53. The fourth-order valence-corrected chi connectivity index (χ4v) is 1.09. The quantitative estimate of drug-likeness (QED) is 0.325. The van der Waals surface area contributed by atoms with E-state index < -0.39 is 0 Å². The minimum Gasteiger partial charge on any atom is -0.127 e. The van der Waals surface area contributed by atoms with Gasteiger partial charge in [-0.1, -0.05) is 32.4 Å². The van der Waals surface area contributed by atoms with Crippen LogP contribution in [0.2, 0.25) is 0 Å². The molecule has 0 aliphatic rings. The Kier molecular flexibility index (Phi) is 8.15. The van der Waals surface area contributed by atoms with Gasteiger partial charge in [0.2, 0.25) is 0 Å². The van der Waals surface area contributed by atoms with Gasteiger partial charge in [0.25, 0.3) is 0 Å². The predicted octanol–water partition coefficient (Wildman–Crippen LogP) is 4.00. The molecule has 0 saturated carbocycles. The minimum atomic E-state index is 0.697. The molecule has 0 aromatic rings. The summed E-state index contributed by atoms with van der Waals surface area (Å²) < 4.78 is 0. The maximum Gasteiger partial charge on any atom is 0.0223 e. The molecule has 0 aromatic heterocycles. The first kappa shape index (κ1) is 11.0. The van der Waals surface area contributed by atoms with E-state index in [0.29, 0.717) is 5.92 Å². The van der Waals surface area contributed by atoms with E-state index in [0.717, 1.165) is 12.3 Å². The van der Waals surface area contributed by atoms with Crippen LogP contribution in [-0.4, -0.2) is 5.88 Å². The zero-order chi connectivity index (χ0) is 8.53. The molecule has 66 valence electrons. The van der Waals surface area contributed by atoms with Gasteiger partial charge in [0, 0.05) is 5.88 Å². The van der Waals surface area contributed by atoms with E-state index >= 15 is 0 Å². The van der Waals surface area contributed by atoms with Crippen molar-refractivity contribution in [2.75, 3.05) is 5.88 Å². The van der Waals surface area contributed by atoms with Gasteiger partial charge in [-0.05, 0) is 25.2 Å². The summed E-state index contributed by atoms with van der Waals surface area (Å²) in [6.07, 6.45) is 9.48. The van der Waals surface area contributed by atoms with Crippen LogP contribution in [0.1, 0.15) is 39.5 Å². The largest absolute Gasteiger partial charge is 0.127 e. The van der Waals surface area contributed by atoms with Gasteiger partial charge in [-0.2, -0.15) is 0 Å². The van der Waals surface area contributed by atoms with Crippen molar-refractivity contribution in [3.63, 3.8) is 0 Å². The molecule has 0 aromatic carbocycles. The number of rotatable bonds is 6. The molecule has 0 amide bonds. The number of unbranched alkanes of at least 4 members (excludes halogenated alkanes) is 3. The lowest BCUT2D eigenvalue weighted by Crippen LogP contribution is -1.79. The molecular formula is C10H19Cl. The zero-order valence-corrected chi connectivity index (χ0v) is 8.40. The van der Waals surface area contributed by atoms with Crippen LogP contribution in [0.15, 0.2) is 12.2 Å². The highest BCUT2D eigenvalue weighted by molar-refractivity contribution is 6.17. The van der Waals surface area contributed by atoms with Crippen LogP contribution in [0.3, 0.4) is 0 Å². The average molecular weight is 175 g/mol. The average Bonchev–Trinajstić information content (AvgIpc) is 1.96. The Bertz CT molecular complexity index is 95.0. The van der Waals surface area contributed by atoms with Gasteiger partial charge in [-0.3, -0.25) is 0 Å². The Morgan fingerprint density at radius 3 is 2.45 bits per heavy atom. The second kappa shape index (κ2) is 8.13. The van der Waals surface area contributed by atoms with Crippen LogP contribution in [0, 0.1) is 5.92 Å². The monoisotopic (exact) mass is 174 g/mol. The Balaban J connectivity index is 3.01. The van der Waals surface area contributed by atoms with Crippen molar-refractivity contribution >= 4 is 11.6 Å².